The lowest BCUT2D eigenvalue weighted by Gasteiger charge is -2.26. The highest BCUT2D eigenvalue weighted by Gasteiger charge is 2.24. The van der Waals surface area contributed by atoms with Gasteiger partial charge in [-0.1, -0.05) is 0 Å². The number of nitrogens with two attached hydrogens (primary N) is 1. The number of likely N-dealkylation sites (N-methyl/N-ethyl adjacent to an activating group) is 2. The number of hydrogen-bond acceptors (Lipinski definition) is 5. The summed E-state index contributed by atoms with van der Waals surface area (Å²) in [5.74, 6) is 0.909. The van der Waals surface area contributed by atoms with Crippen LogP contribution in [-0.4, -0.2) is 53.5 Å². The van der Waals surface area contributed by atoms with Gasteiger partial charge >= 0.3 is 0 Å². The van der Waals surface area contributed by atoms with Crippen molar-refractivity contribution in [2.45, 2.75) is 25.9 Å². The highest BCUT2D eigenvalue weighted by atomic mass is 15.2. The number of aryl methyl sites for hydroxylation is 1. The number of aromatic nitrogens is 2. The molecule has 2 heterocycles. The van der Waals surface area contributed by atoms with Gasteiger partial charge in [-0.05, 0) is 46.6 Å². The third-order valence-corrected chi connectivity index (χ3v) is 3.50. The van der Waals surface area contributed by atoms with E-state index >= 15 is 0 Å². The Hall–Kier alpha value is -1.04. The average molecular weight is 249 g/mol. The second kappa shape index (κ2) is 5.73. The molecule has 2 rings (SSSR count). The summed E-state index contributed by atoms with van der Waals surface area (Å²) in [5, 5.41) is 0. The first-order valence-corrected chi connectivity index (χ1v) is 6.53. The Kier molecular flexibility index (Phi) is 4.27. The van der Waals surface area contributed by atoms with Crippen LogP contribution in [0.2, 0.25) is 0 Å². The zero-order chi connectivity index (χ0) is 13.1. The smallest absolute Gasteiger partial charge is 0.147 e. The van der Waals surface area contributed by atoms with E-state index in [1.165, 1.54) is 6.42 Å². The molecule has 1 aliphatic rings. The molecule has 100 valence electrons. The second-order valence-electron chi connectivity index (χ2n) is 5.18. The molecule has 2 N–H and O–H groups in total. The van der Waals surface area contributed by atoms with E-state index in [1.807, 2.05) is 13.0 Å². The lowest BCUT2D eigenvalue weighted by molar-refractivity contribution is 0.219. The molecule has 1 saturated heterocycles. The van der Waals surface area contributed by atoms with Gasteiger partial charge in [-0.3, -0.25) is 4.90 Å². The quantitative estimate of drug-likeness (QED) is 0.829. The van der Waals surface area contributed by atoms with Crippen LogP contribution in [0.1, 0.15) is 29.7 Å². The van der Waals surface area contributed by atoms with Crippen LogP contribution in [0.15, 0.2) is 6.07 Å². The second-order valence-corrected chi connectivity index (χ2v) is 5.18. The van der Waals surface area contributed by atoms with Crippen LogP contribution in [-0.2, 0) is 6.54 Å². The van der Waals surface area contributed by atoms with E-state index < -0.39 is 0 Å². The average Bonchev–Trinajstić information content (AvgIpc) is 2.50. The van der Waals surface area contributed by atoms with E-state index in [0.717, 1.165) is 36.8 Å². The third-order valence-electron chi connectivity index (χ3n) is 3.50. The first-order valence-electron chi connectivity index (χ1n) is 6.53. The zero-order valence-electron chi connectivity index (χ0n) is 11.6. The maximum Gasteiger partial charge on any atom is 0.147 e. The van der Waals surface area contributed by atoms with Crippen molar-refractivity contribution in [3.8, 4) is 0 Å². The van der Waals surface area contributed by atoms with Crippen molar-refractivity contribution in [1.29, 1.82) is 0 Å². The topological polar surface area (TPSA) is 58.3 Å². The van der Waals surface area contributed by atoms with E-state index in [9.17, 15) is 0 Å². The summed E-state index contributed by atoms with van der Waals surface area (Å²) in [6, 6.07) is 2.23. The fraction of sp³-hybridized carbons (Fsp3) is 0.692. The van der Waals surface area contributed by atoms with Gasteiger partial charge in [-0.2, -0.15) is 0 Å². The van der Waals surface area contributed by atoms with Gasteiger partial charge in [0, 0.05) is 18.8 Å². The van der Waals surface area contributed by atoms with Crippen molar-refractivity contribution in [2.24, 2.45) is 5.73 Å². The molecule has 1 atom stereocenters. The minimum atomic E-state index is 0.266. The minimum absolute atomic E-state index is 0.266. The van der Waals surface area contributed by atoms with E-state index in [-0.39, 0.29) is 6.04 Å². The Morgan fingerprint density at radius 3 is 2.83 bits per heavy atom. The van der Waals surface area contributed by atoms with Gasteiger partial charge < -0.3 is 10.6 Å². The third kappa shape index (κ3) is 3.04. The summed E-state index contributed by atoms with van der Waals surface area (Å²) in [5.41, 5.74) is 7.62. The van der Waals surface area contributed by atoms with Crippen molar-refractivity contribution in [2.75, 3.05) is 33.7 Å². The summed E-state index contributed by atoms with van der Waals surface area (Å²) in [4.78, 5) is 13.9. The van der Waals surface area contributed by atoms with Gasteiger partial charge in [0.1, 0.15) is 5.82 Å². The standard InChI is InChI=1S/C13H23N5/c1-10-7-11(8-14)16-13(15-10)12-9-17(2)5-4-6-18(12)3/h7,12H,4-6,8-9,14H2,1-3H3. The first kappa shape index (κ1) is 13.4. The van der Waals surface area contributed by atoms with Crippen molar-refractivity contribution in [1.82, 2.24) is 19.8 Å². The zero-order valence-corrected chi connectivity index (χ0v) is 11.6. The Morgan fingerprint density at radius 1 is 1.33 bits per heavy atom. The van der Waals surface area contributed by atoms with Crippen LogP contribution in [0.25, 0.3) is 0 Å². The van der Waals surface area contributed by atoms with E-state index in [2.05, 4.69) is 33.9 Å². The normalized spacial score (nSPS) is 23.0. The van der Waals surface area contributed by atoms with Gasteiger partial charge in [-0.25, -0.2) is 9.97 Å². The summed E-state index contributed by atoms with van der Waals surface area (Å²) in [6.07, 6.45) is 1.19. The van der Waals surface area contributed by atoms with E-state index in [0.29, 0.717) is 6.54 Å². The molecule has 1 aromatic rings. The molecular formula is C13H23N5. The predicted octanol–water partition coefficient (Wildman–Crippen LogP) is 0.552. The molecule has 1 aromatic heterocycles. The molecule has 0 spiro atoms. The molecule has 1 aliphatic heterocycles. The molecule has 0 bridgehead atoms. The molecule has 1 unspecified atom stereocenters. The van der Waals surface area contributed by atoms with E-state index in [1.54, 1.807) is 0 Å². The lowest BCUT2D eigenvalue weighted by Crippen LogP contribution is -2.32. The van der Waals surface area contributed by atoms with Crippen molar-refractivity contribution < 1.29 is 0 Å². The molecule has 5 nitrogen and oxygen atoms in total. The molecule has 0 saturated carbocycles. The van der Waals surface area contributed by atoms with Crippen LogP contribution in [0.5, 0.6) is 0 Å². The maximum absolute atomic E-state index is 5.70. The number of hydrogen-bond donors (Lipinski definition) is 1. The van der Waals surface area contributed by atoms with Crippen LogP contribution in [0.4, 0.5) is 0 Å². The largest absolute Gasteiger partial charge is 0.325 e. The van der Waals surface area contributed by atoms with Crippen LogP contribution in [0, 0.1) is 6.92 Å². The van der Waals surface area contributed by atoms with Gasteiger partial charge in [0.15, 0.2) is 0 Å². The molecule has 18 heavy (non-hydrogen) atoms. The minimum Gasteiger partial charge on any atom is -0.325 e. The summed E-state index contributed by atoms with van der Waals surface area (Å²) < 4.78 is 0. The molecule has 0 radical (unpaired) electrons. The molecule has 5 heteroatoms. The fourth-order valence-corrected chi connectivity index (χ4v) is 2.46. The maximum atomic E-state index is 5.70. The summed E-state index contributed by atoms with van der Waals surface area (Å²) in [6.45, 7) is 5.68. The van der Waals surface area contributed by atoms with Crippen LogP contribution in [0.3, 0.4) is 0 Å². The highest BCUT2D eigenvalue weighted by molar-refractivity contribution is 5.12. The van der Waals surface area contributed by atoms with Crippen LogP contribution < -0.4 is 5.73 Å². The molecule has 0 aliphatic carbocycles. The summed E-state index contributed by atoms with van der Waals surface area (Å²) >= 11 is 0. The van der Waals surface area contributed by atoms with Gasteiger partial charge in [0.05, 0.1) is 11.7 Å². The van der Waals surface area contributed by atoms with Crippen molar-refractivity contribution >= 4 is 0 Å². The Bertz CT molecular complexity index is 406. The molecule has 0 amide bonds. The van der Waals surface area contributed by atoms with Gasteiger partial charge in [0.2, 0.25) is 0 Å². The Morgan fingerprint density at radius 2 is 2.11 bits per heavy atom. The Labute approximate surface area is 109 Å². The molecular weight excluding hydrogens is 226 g/mol. The lowest BCUT2D eigenvalue weighted by atomic mass is 10.2. The number of nitrogens with zero attached hydrogens (tertiary/aromatic N) is 4. The van der Waals surface area contributed by atoms with Gasteiger partial charge in [-0.15, -0.1) is 0 Å². The molecule has 0 aromatic carbocycles. The monoisotopic (exact) mass is 249 g/mol. The Balaban J connectivity index is 2.29. The van der Waals surface area contributed by atoms with Crippen LogP contribution >= 0.6 is 0 Å². The number of rotatable bonds is 2. The van der Waals surface area contributed by atoms with E-state index in [4.69, 9.17) is 5.73 Å². The predicted molar refractivity (Wildman–Crippen MR) is 72.1 cm³/mol. The first-order chi connectivity index (χ1) is 8.60. The highest BCUT2D eigenvalue weighted by Crippen LogP contribution is 2.20. The molecule has 1 fully saturated rings. The van der Waals surface area contributed by atoms with Crippen molar-refractivity contribution in [3.63, 3.8) is 0 Å². The van der Waals surface area contributed by atoms with Crippen molar-refractivity contribution in [3.05, 3.63) is 23.3 Å². The van der Waals surface area contributed by atoms with Gasteiger partial charge in [0.25, 0.3) is 0 Å². The fourth-order valence-electron chi connectivity index (χ4n) is 2.46. The summed E-state index contributed by atoms with van der Waals surface area (Å²) in [7, 11) is 4.31. The SMILES string of the molecule is Cc1cc(CN)nc(C2CN(C)CCCN2C)n1.